The first-order chi connectivity index (χ1) is 8.26. The van der Waals surface area contributed by atoms with E-state index in [1.807, 2.05) is 6.26 Å². The molecule has 1 saturated heterocycles. The SMILES string of the molecule is CCN(CC1CCCO1)c1snc(N)c1SC. The van der Waals surface area contributed by atoms with Crippen molar-refractivity contribution in [1.82, 2.24) is 4.37 Å². The fourth-order valence-corrected chi connectivity index (χ4v) is 3.83. The molecule has 17 heavy (non-hydrogen) atoms. The highest BCUT2D eigenvalue weighted by Gasteiger charge is 2.22. The highest BCUT2D eigenvalue weighted by Crippen LogP contribution is 2.37. The van der Waals surface area contributed by atoms with Crippen LogP contribution in [0.1, 0.15) is 19.8 Å². The number of nitrogens with two attached hydrogens (primary N) is 1. The summed E-state index contributed by atoms with van der Waals surface area (Å²) in [5.41, 5.74) is 5.87. The minimum Gasteiger partial charge on any atom is -0.382 e. The van der Waals surface area contributed by atoms with Crippen molar-refractivity contribution in [3.8, 4) is 0 Å². The predicted molar refractivity (Wildman–Crippen MR) is 75.2 cm³/mol. The molecule has 0 spiro atoms. The van der Waals surface area contributed by atoms with Gasteiger partial charge in [0.05, 0.1) is 11.0 Å². The molecule has 2 rings (SSSR count). The Kier molecular flexibility index (Phi) is 4.53. The molecule has 0 aliphatic carbocycles. The number of anilines is 2. The summed E-state index contributed by atoms with van der Waals surface area (Å²) in [4.78, 5) is 3.44. The summed E-state index contributed by atoms with van der Waals surface area (Å²) < 4.78 is 9.94. The van der Waals surface area contributed by atoms with Gasteiger partial charge in [-0.2, -0.15) is 4.37 Å². The van der Waals surface area contributed by atoms with Crippen LogP contribution in [-0.2, 0) is 4.74 Å². The van der Waals surface area contributed by atoms with Crippen molar-refractivity contribution in [2.24, 2.45) is 0 Å². The van der Waals surface area contributed by atoms with Crippen LogP contribution >= 0.6 is 23.3 Å². The topological polar surface area (TPSA) is 51.4 Å². The molecule has 0 aromatic carbocycles. The summed E-state index contributed by atoms with van der Waals surface area (Å²) in [6.07, 6.45) is 4.76. The summed E-state index contributed by atoms with van der Waals surface area (Å²) in [5.74, 6) is 0.656. The lowest BCUT2D eigenvalue weighted by Crippen LogP contribution is -2.31. The van der Waals surface area contributed by atoms with E-state index in [4.69, 9.17) is 10.5 Å². The molecule has 1 fully saturated rings. The van der Waals surface area contributed by atoms with Gasteiger partial charge in [0, 0.05) is 19.7 Å². The van der Waals surface area contributed by atoms with Crippen LogP contribution in [-0.4, -0.2) is 36.4 Å². The van der Waals surface area contributed by atoms with Crippen molar-refractivity contribution in [3.05, 3.63) is 0 Å². The largest absolute Gasteiger partial charge is 0.382 e. The molecular formula is C11H19N3OS2. The van der Waals surface area contributed by atoms with Crippen LogP contribution in [0.3, 0.4) is 0 Å². The standard InChI is InChI=1S/C11H19N3OS2/c1-3-14(7-8-5-4-6-15-8)11-9(16-2)10(12)13-17-11/h8H,3-7H2,1-2H3,(H2,12,13). The van der Waals surface area contributed by atoms with Crippen molar-refractivity contribution < 1.29 is 4.74 Å². The zero-order chi connectivity index (χ0) is 12.3. The molecule has 4 nitrogen and oxygen atoms in total. The second-order valence-electron chi connectivity index (χ2n) is 4.08. The van der Waals surface area contributed by atoms with Crippen LogP contribution in [0.5, 0.6) is 0 Å². The molecule has 0 radical (unpaired) electrons. The third-order valence-electron chi connectivity index (χ3n) is 2.98. The van der Waals surface area contributed by atoms with Crippen LogP contribution in [0.2, 0.25) is 0 Å². The average molecular weight is 273 g/mol. The van der Waals surface area contributed by atoms with Gasteiger partial charge < -0.3 is 15.4 Å². The van der Waals surface area contributed by atoms with Crippen LogP contribution in [0, 0.1) is 0 Å². The Morgan fingerprint density at radius 2 is 2.47 bits per heavy atom. The molecule has 1 unspecified atom stereocenters. The smallest absolute Gasteiger partial charge is 0.153 e. The van der Waals surface area contributed by atoms with Gasteiger partial charge in [-0.05, 0) is 37.6 Å². The molecule has 96 valence electrons. The number of hydrogen-bond donors (Lipinski definition) is 1. The van der Waals surface area contributed by atoms with Gasteiger partial charge in [-0.25, -0.2) is 0 Å². The Labute approximate surface area is 111 Å². The van der Waals surface area contributed by atoms with E-state index in [2.05, 4.69) is 16.2 Å². The normalized spacial score (nSPS) is 19.8. The molecule has 0 amide bonds. The Morgan fingerprint density at radius 1 is 1.65 bits per heavy atom. The van der Waals surface area contributed by atoms with Crippen LogP contribution in [0.15, 0.2) is 4.90 Å². The van der Waals surface area contributed by atoms with Crippen molar-refractivity contribution >= 4 is 34.1 Å². The van der Waals surface area contributed by atoms with Crippen LogP contribution in [0.4, 0.5) is 10.8 Å². The number of aromatic nitrogens is 1. The van der Waals surface area contributed by atoms with Crippen molar-refractivity contribution in [2.45, 2.75) is 30.8 Å². The third kappa shape index (κ3) is 2.86. The van der Waals surface area contributed by atoms with Crippen molar-refractivity contribution in [1.29, 1.82) is 0 Å². The molecule has 1 aromatic rings. The van der Waals surface area contributed by atoms with Crippen molar-refractivity contribution in [3.63, 3.8) is 0 Å². The van der Waals surface area contributed by atoms with E-state index < -0.39 is 0 Å². The quantitative estimate of drug-likeness (QED) is 0.835. The maximum atomic E-state index is 5.87. The summed E-state index contributed by atoms with van der Waals surface area (Å²) >= 11 is 3.16. The maximum absolute atomic E-state index is 5.87. The Balaban J connectivity index is 2.10. The Morgan fingerprint density at radius 3 is 3.06 bits per heavy atom. The summed E-state index contributed by atoms with van der Waals surface area (Å²) in [6, 6.07) is 0. The second-order valence-corrected chi connectivity index (χ2v) is 5.65. The molecule has 1 atom stereocenters. The Bertz CT molecular complexity index is 364. The van der Waals surface area contributed by atoms with Gasteiger partial charge in [-0.15, -0.1) is 11.8 Å². The number of nitrogen functional groups attached to an aromatic ring is 1. The number of ether oxygens (including phenoxy) is 1. The van der Waals surface area contributed by atoms with Gasteiger partial charge in [0.1, 0.15) is 5.00 Å². The highest BCUT2D eigenvalue weighted by atomic mass is 32.2. The zero-order valence-corrected chi connectivity index (χ0v) is 11.9. The molecular weight excluding hydrogens is 254 g/mol. The van der Waals surface area contributed by atoms with Gasteiger partial charge in [0.2, 0.25) is 0 Å². The fraction of sp³-hybridized carbons (Fsp3) is 0.727. The number of thioether (sulfide) groups is 1. The second kappa shape index (κ2) is 5.93. The van der Waals surface area contributed by atoms with Gasteiger partial charge in [0.25, 0.3) is 0 Å². The number of rotatable bonds is 5. The molecule has 1 aliphatic rings. The average Bonchev–Trinajstić information content (AvgIpc) is 2.95. The highest BCUT2D eigenvalue weighted by molar-refractivity contribution is 7.99. The Hall–Kier alpha value is -0.460. The fourth-order valence-electron chi connectivity index (χ4n) is 2.07. The zero-order valence-electron chi connectivity index (χ0n) is 10.3. The predicted octanol–water partition coefficient (Wildman–Crippen LogP) is 2.45. The van der Waals surface area contributed by atoms with E-state index in [0.717, 1.165) is 24.6 Å². The lowest BCUT2D eigenvalue weighted by atomic mass is 10.2. The van der Waals surface area contributed by atoms with Crippen LogP contribution in [0.25, 0.3) is 0 Å². The lowest BCUT2D eigenvalue weighted by Gasteiger charge is -2.24. The van der Waals surface area contributed by atoms with E-state index in [1.54, 1.807) is 11.8 Å². The number of hydrogen-bond acceptors (Lipinski definition) is 6. The third-order valence-corrected chi connectivity index (χ3v) is 4.84. The first-order valence-corrected chi connectivity index (χ1v) is 7.91. The van der Waals surface area contributed by atoms with Gasteiger partial charge in [-0.1, -0.05) is 0 Å². The summed E-state index contributed by atoms with van der Waals surface area (Å²) in [5, 5.41) is 1.19. The van der Waals surface area contributed by atoms with E-state index >= 15 is 0 Å². The van der Waals surface area contributed by atoms with E-state index in [0.29, 0.717) is 11.9 Å². The van der Waals surface area contributed by atoms with E-state index in [1.165, 1.54) is 29.4 Å². The lowest BCUT2D eigenvalue weighted by molar-refractivity contribution is 0.116. The monoisotopic (exact) mass is 273 g/mol. The van der Waals surface area contributed by atoms with E-state index in [-0.39, 0.29) is 0 Å². The molecule has 2 N–H and O–H groups in total. The molecule has 2 heterocycles. The molecule has 1 aliphatic heterocycles. The van der Waals surface area contributed by atoms with Gasteiger partial charge in [0.15, 0.2) is 5.82 Å². The van der Waals surface area contributed by atoms with Gasteiger partial charge >= 0.3 is 0 Å². The van der Waals surface area contributed by atoms with Crippen LogP contribution < -0.4 is 10.6 Å². The van der Waals surface area contributed by atoms with E-state index in [9.17, 15) is 0 Å². The van der Waals surface area contributed by atoms with Gasteiger partial charge in [-0.3, -0.25) is 0 Å². The minimum absolute atomic E-state index is 0.369. The summed E-state index contributed by atoms with van der Waals surface area (Å²) in [6.45, 7) is 4.98. The first-order valence-electron chi connectivity index (χ1n) is 5.92. The number of nitrogens with zero attached hydrogens (tertiary/aromatic N) is 2. The number of likely N-dealkylation sites (N-methyl/N-ethyl adjacent to an activating group) is 1. The molecule has 1 aromatic heterocycles. The molecule has 6 heteroatoms. The molecule has 0 saturated carbocycles. The minimum atomic E-state index is 0.369. The molecule has 0 bridgehead atoms. The first kappa shape index (κ1) is 13.0. The van der Waals surface area contributed by atoms with Crippen molar-refractivity contribution in [2.75, 3.05) is 36.6 Å². The maximum Gasteiger partial charge on any atom is 0.153 e. The summed E-state index contributed by atoms with van der Waals surface area (Å²) in [7, 11) is 0.